The van der Waals surface area contributed by atoms with Crippen molar-refractivity contribution in [2.45, 2.75) is 33.4 Å². The Morgan fingerprint density at radius 3 is 2.43 bits per heavy atom. The number of hydrogen-bond donors (Lipinski definition) is 1. The van der Waals surface area contributed by atoms with Crippen LogP contribution >= 0.6 is 11.6 Å². The Bertz CT molecular complexity index is 766. The molecule has 6 nitrogen and oxygen atoms in total. The van der Waals surface area contributed by atoms with Gasteiger partial charge in [0.1, 0.15) is 0 Å². The maximum Gasteiger partial charge on any atom is 0.234 e. The van der Waals surface area contributed by atoms with Gasteiger partial charge in [0, 0.05) is 56.5 Å². The average molecular weight is 404 g/mol. The summed E-state index contributed by atoms with van der Waals surface area (Å²) in [4.78, 5) is 16.9. The highest BCUT2D eigenvalue weighted by atomic mass is 35.5. The van der Waals surface area contributed by atoms with Gasteiger partial charge in [-0.2, -0.15) is 5.10 Å². The summed E-state index contributed by atoms with van der Waals surface area (Å²) in [5.41, 5.74) is 3.48. The predicted molar refractivity (Wildman–Crippen MR) is 112 cm³/mol. The van der Waals surface area contributed by atoms with Crippen molar-refractivity contribution in [2.75, 3.05) is 39.3 Å². The van der Waals surface area contributed by atoms with Crippen molar-refractivity contribution in [3.05, 3.63) is 52.3 Å². The minimum absolute atomic E-state index is 0.111. The minimum atomic E-state index is 0.111. The zero-order valence-electron chi connectivity index (χ0n) is 16.8. The van der Waals surface area contributed by atoms with Crippen LogP contribution in [0, 0.1) is 13.8 Å². The predicted octanol–water partition coefficient (Wildman–Crippen LogP) is 2.48. The zero-order valence-corrected chi connectivity index (χ0v) is 17.6. The highest BCUT2D eigenvalue weighted by molar-refractivity contribution is 6.30. The Labute approximate surface area is 172 Å². The van der Waals surface area contributed by atoms with Crippen LogP contribution in [0.15, 0.2) is 30.3 Å². The van der Waals surface area contributed by atoms with E-state index in [9.17, 15) is 4.79 Å². The Balaban J connectivity index is 1.30. The van der Waals surface area contributed by atoms with Gasteiger partial charge in [-0.15, -0.1) is 0 Å². The maximum atomic E-state index is 12.2. The molecule has 0 atom stereocenters. The van der Waals surface area contributed by atoms with Gasteiger partial charge in [-0.25, -0.2) is 0 Å². The van der Waals surface area contributed by atoms with Crippen LogP contribution in [0.25, 0.3) is 0 Å². The molecule has 1 aliphatic heterocycles. The summed E-state index contributed by atoms with van der Waals surface area (Å²) in [6.07, 6.45) is 0.891. The molecule has 1 saturated heterocycles. The molecule has 2 aromatic rings. The zero-order chi connectivity index (χ0) is 19.9. The van der Waals surface area contributed by atoms with Crippen molar-refractivity contribution in [2.24, 2.45) is 0 Å². The van der Waals surface area contributed by atoms with E-state index in [0.717, 1.165) is 56.4 Å². The Morgan fingerprint density at radius 1 is 1.11 bits per heavy atom. The van der Waals surface area contributed by atoms with Crippen molar-refractivity contribution < 1.29 is 4.79 Å². The number of nitrogens with one attached hydrogen (secondary N) is 1. The first-order chi connectivity index (χ1) is 13.5. The summed E-state index contributed by atoms with van der Waals surface area (Å²) in [6.45, 7) is 10.8. The van der Waals surface area contributed by atoms with Crippen LogP contribution < -0.4 is 5.32 Å². The van der Waals surface area contributed by atoms with Crippen LogP contribution in [0.3, 0.4) is 0 Å². The topological polar surface area (TPSA) is 53.4 Å². The molecular formula is C21H30ClN5O. The van der Waals surface area contributed by atoms with Crippen molar-refractivity contribution in [3.8, 4) is 0 Å². The lowest BCUT2D eigenvalue weighted by Crippen LogP contribution is -2.49. The van der Waals surface area contributed by atoms with Gasteiger partial charge >= 0.3 is 0 Å². The van der Waals surface area contributed by atoms with Crippen molar-refractivity contribution in [1.29, 1.82) is 0 Å². The average Bonchev–Trinajstić information content (AvgIpc) is 2.99. The molecule has 1 aliphatic rings. The van der Waals surface area contributed by atoms with Crippen LogP contribution in [0.5, 0.6) is 0 Å². The first-order valence-corrected chi connectivity index (χ1v) is 10.3. The van der Waals surface area contributed by atoms with Crippen molar-refractivity contribution >= 4 is 17.5 Å². The fraction of sp³-hybridized carbons (Fsp3) is 0.524. The number of aryl methyl sites for hydroxylation is 3. The fourth-order valence-corrected chi connectivity index (χ4v) is 3.70. The van der Waals surface area contributed by atoms with Gasteiger partial charge in [0.25, 0.3) is 0 Å². The maximum absolute atomic E-state index is 12.2. The van der Waals surface area contributed by atoms with Crippen LogP contribution in [0.1, 0.15) is 23.4 Å². The van der Waals surface area contributed by atoms with Gasteiger partial charge in [0.2, 0.25) is 5.91 Å². The van der Waals surface area contributed by atoms with Gasteiger partial charge in [-0.1, -0.05) is 23.7 Å². The lowest BCUT2D eigenvalue weighted by molar-refractivity contribution is -0.122. The Kier molecular flexibility index (Phi) is 7.48. The number of rotatable bonds is 8. The van der Waals surface area contributed by atoms with Gasteiger partial charge in [-0.05, 0) is 44.0 Å². The first kappa shape index (κ1) is 20.8. The number of carbonyl (C=O) groups excluding carboxylic acids is 1. The Hall–Kier alpha value is -1.89. The molecule has 2 heterocycles. The molecule has 1 aromatic carbocycles. The number of halogens is 1. The molecule has 28 heavy (non-hydrogen) atoms. The molecular weight excluding hydrogens is 374 g/mol. The highest BCUT2D eigenvalue weighted by Gasteiger charge is 2.18. The monoisotopic (exact) mass is 403 g/mol. The summed E-state index contributed by atoms with van der Waals surface area (Å²) >= 11 is 5.94. The molecule has 0 unspecified atom stereocenters. The second-order valence-corrected chi connectivity index (χ2v) is 7.97. The number of hydrogen-bond acceptors (Lipinski definition) is 4. The molecule has 1 aromatic heterocycles. The second kappa shape index (κ2) is 10.0. The van der Waals surface area contributed by atoms with Gasteiger partial charge < -0.3 is 5.32 Å². The lowest BCUT2D eigenvalue weighted by Gasteiger charge is -2.34. The van der Waals surface area contributed by atoms with E-state index in [1.54, 1.807) is 0 Å². The van der Waals surface area contributed by atoms with E-state index in [1.165, 1.54) is 11.3 Å². The number of nitrogens with zero attached hydrogens (tertiary/aromatic N) is 4. The molecule has 1 amide bonds. The molecule has 0 bridgehead atoms. The molecule has 1 N–H and O–H groups in total. The summed E-state index contributed by atoms with van der Waals surface area (Å²) in [5.74, 6) is 0.111. The summed E-state index contributed by atoms with van der Waals surface area (Å²) in [6, 6.07) is 10.1. The van der Waals surface area contributed by atoms with E-state index in [4.69, 9.17) is 11.6 Å². The largest absolute Gasteiger partial charge is 0.355 e. The number of amides is 1. The molecule has 0 spiro atoms. The molecule has 0 aliphatic carbocycles. The lowest BCUT2D eigenvalue weighted by atomic mass is 10.2. The van der Waals surface area contributed by atoms with Crippen LogP contribution in [-0.4, -0.2) is 64.8 Å². The fourth-order valence-electron chi connectivity index (χ4n) is 3.57. The normalized spacial score (nSPS) is 15.7. The van der Waals surface area contributed by atoms with E-state index < -0.39 is 0 Å². The third-order valence-corrected chi connectivity index (χ3v) is 5.38. The van der Waals surface area contributed by atoms with Gasteiger partial charge in [0.15, 0.2) is 0 Å². The molecule has 0 radical (unpaired) electrons. The van der Waals surface area contributed by atoms with E-state index in [1.807, 2.05) is 23.7 Å². The smallest absolute Gasteiger partial charge is 0.234 e. The van der Waals surface area contributed by atoms with Crippen molar-refractivity contribution in [1.82, 2.24) is 24.9 Å². The second-order valence-electron chi connectivity index (χ2n) is 7.53. The minimum Gasteiger partial charge on any atom is -0.355 e. The molecule has 7 heteroatoms. The third-order valence-electron chi connectivity index (χ3n) is 5.12. The first-order valence-electron chi connectivity index (χ1n) is 9.96. The number of piperazine rings is 1. The van der Waals surface area contributed by atoms with Crippen LogP contribution in [0.4, 0.5) is 0 Å². The highest BCUT2D eigenvalue weighted by Crippen LogP contribution is 2.12. The van der Waals surface area contributed by atoms with E-state index in [0.29, 0.717) is 13.1 Å². The molecule has 1 fully saturated rings. The van der Waals surface area contributed by atoms with Crippen LogP contribution in [-0.2, 0) is 17.9 Å². The summed E-state index contributed by atoms with van der Waals surface area (Å²) in [5, 5.41) is 8.25. The molecule has 3 rings (SSSR count). The van der Waals surface area contributed by atoms with Gasteiger partial charge in [-0.3, -0.25) is 19.3 Å². The molecule has 0 saturated carbocycles. The number of aromatic nitrogens is 2. The SMILES string of the molecule is Cc1cc(C)n(CCCNC(=O)CN2CCN(Cc3ccc(Cl)cc3)CC2)n1. The number of benzene rings is 1. The Morgan fingerprint density at radius 2 is 1.79 bits per heavy atom. The molecule has 152 valence electrons. The van der Waals surface area contributed by atoms with Gasteiger partial charge in [0.05, 0.1) is 12.2 Å². The van der Waals surface area contributed by atoms with Crippen LogP contribution in [0.2, 0.25) is 5.02 Å². The van der Waals surface area contributed by atoms with E-state index >= 15 is 0 Å². The van der Waals surface area contributed by atoms with Crippen molar-refractivity contribution in [3.63, 3.8) is 0 Å². The number of carbonyl (C=O) groups is 1. The summed E-state index contributed by atoms with van der Waals surface area (Å²) in [7, 11) is 0. The van der Waals surface area contributed by atoms with E-state index in [-0.39, 0.29) is 5.91 Å². The van der Waals surface area contributed by atoms with E-state index in [2.05, 4.69) is 45.3 Å². The standard InChI is InChI=1S/C21H30ClN5O/c1-17-14-18(2)27(24-17)9-3-8-23-21(28)16-26-12-10-25(11-13-26)15-19-4-6-20(22)7-5-19/h4-7,14H,3,8-13,15-16H2,1-2H3,(H,23,28). The third kappa shape index (κ3) is 6.33. The quantitative estimate of drug-likeness (QED) is 0.688. The summed E-state index contributed by atoms with van der Waals surface area (Å²) < 4.78 is 2.00.